The lowest BCUT2D eigenvalue weighted by molar-refractivity contribution is 0.284. The molecule has 2 heterocycles. The molecule has 3 rings (SSSR count). The SMILES string of the molecule is COc1cc(C(C)NCc2cscn2)ccc1OCc1ccncc1. The molecular weight excluding hydrogens is 334 g/mol. The lowest BCUT2D eigenvalue weighted by atomic mass is 10.1. The molecule has 0 amide bonds. The Bertz CT molecular complexity index is 779. The highest BCUT2D eigenvalue weighted by Gasteiger charge is 2.11. The number of benzene rings is 1. The Kier molecular flexibility index (Phi) is 5.98. The molecule has 0 aliphatic heterocycles. The van der Waals surface area contributed by atoms with Gasteiger partial charge in [0.05, 0.1) is 18.3 Å². The van der Waals surface area contributed by atoms with E-state index in [9.17, 15) is 0 Å². The zero-order valence-electron chi connectivity index (χ0n) is 14.3. The minimum absolute atomic E-state index is 0.185. The Morgan fingerprint density at radius 3 is 2.72 bits per heavy atom. The fourth-order valence-corrected chi connectivity index (χ4v) is 2.97. The Balaban J connectivity index is 1.64. The second-order valence-corrected chi connectivity index (χ2v) is 6.36. The van der Waals surface area contributed by atoms with Gasteiger partial charge in [-0.05, 0) is 42.3 Å². The molecule has 0 fully saturated rings. The minimum atomic E-state index is 0.185. The van der Waals surface area contributed by atoms with Crippen molar-refractivity contribution in [1.82, 2.24) is 15.3 Å². The molecule has 0 radical (unpaired) electrons. The van der Waals surface area contributed by atoms with Crippen LogP contribution < -0.4 is 14.8 Å². The van der Waals surface area contributed by atoms with Gasteiger partial charge in [-0.15, -0.1) is 11.3 Å². The van der Waals surface area contributed by atoms with Crippen molar-refractivity contribution in [2.45, 2.75) is 26.1 Å². The summed E-state index contributed by atoms with van der Waals surface area (Å²) in [5.41, 5.74) is 5.11. The predicted molar refractivity (Wildman–Crippen MR) is 98.9 cm³/mol. The fourth-order valence-electron chi connectivity index (χ4n) is 2.41. The van der Waals surface area contributed by atoms with Crippen LogP contribution in [0.3, 0.4) is 0 Å². The van der Waals surface area contributed by atoms with E-state index in [4.69, 9.17) is 9.47 Å². The van der Waals surface area contributed by atoms with Crippen LogP contribution in [0.1, 0.15) is 29.8 Å². The van der Waals surface area contributed by atoms with Gasteiger partial charge in [-0.3, -0.25) is 4.98 Å². The van der Waals surface area contributed by atoms with Crippen LogP contribution in [0.2, 0.25) is 0 Å². The molecule has 0 aliphatic rings. The van der Waals surface area contributed by atoms with Crippen molar-refractivity contribution < 1.29 is 9.47 Å². The molecule has 0 bridgehead atoms. The average Bonchev–Trinajstić information content (AvgIpc) is 3.18. The molecular formula is C19H21N3O2S. The molecule has 1 N–H and O–H groups in total. The van der Waals surface area contributed by atoms with E-state index in [0.29, 0.717) is 6.61 Å². The van der Waals surface area contributed by atoms with Gasteiger partial charge in [0.25, 0.3) is 0 Å². The summed E-state index contributed by atoms with van der Waals surface area (Å²) >= 11 is 1.61. The van der Waals surface area contributed by atoms with Gasteiger partial charge >= 0.3 is 0 Å². The summed E-state index contributed by atoms with van der Waals surface area (Å²) < 4.78 is 11.4. The Hall–Kier alpha value is -2.44. The van der Waals surface area contributed by atoms with E-state index in [-0.39, 0.29) is 6.04 Å². The summed E-state index contributed by atoms with van der Waals surface area (Å²) in [6.45, 7) is 3.35. The smallest absolute Gasteiger partial charge is 0.161 e. The third kappa shape index (κ3) is 4.78. The van der Waals surface area contributed by atoms with E-state index in [1.165, 1.54) is 0 Å². The third-order valence-corrected chi connectivity index (χ3v) is 4.54. The van der Waals surface area contributed by atoms with Gasteiger partial charge in [0.1, 0.15) is 6.61 Å². The van der Waals surface area contributed by atoms with E-state index in [0.717, 1.165) is 34.9 Å². The largest absolute Gasteiger partial charge is 0.493 e. The number of hydrogen-bond acceptors (Lipinski definition) is 6. The summed E-state index contributed by atoms with van der Waals surface area (Å²) in [7, 11) is 1.66. The van der Waals surface area contributed by atoms with Crippen LogP contribution >= 0.6 is 11.3 Å². The Morgan fingerprint density at radius 1 is 1.16 bits per heavy atom. The molecule has 5 nitrogen and oxygen atoms in total. The highest BCUT2D eigenvalue weighted by Crippen LogP contribution is 2.31. The molecule has 0 saturated carbocycles. The molecule has 3 aromatic rings. The van der Waals surface area contributed by atoms with Gasteiger partial charge in [0.15, 0.2) is 11.5 Å². The van der Waals surface area contributed by atoms with Crippen LogP contribution in [0, 0.1) is 0 Å². The van der Waals surface area contributed by atoms with Crippen molar-refractivity contribution in [3.05, 3.63) is 70.4 Å². The van der Waals surface area contributed by atoms with Crippen LogP contribution in [-0.2, 0) is 13.2 Å². The predicted octanol–water partition coefficient (Wildman–Crippen LogP) is 3.98. The molecule has 25 heavy (non-hydrogen) atoms. The lowest BCUT2D eigenvalue weighted by Crippen LogP contribution is -2.18. The summed E-state index contributed by atoms with van der Waals surface area (Å²) in [4.78, 5) is 8.30. The molecule has 0 spiro atoms. The van der Waals surface area contributed by atoms with E-state index in [2.05, 4.69) is 33.7 Å². The van der Waals surface area contributed by atoms with Crippen LogP contribution in [0.25, 0.3) is 0 Å². The number of nitrogens with zero attached hydrogens (tertiary/aromatic N) is 2. The quantitative estimate of drug-likeness (QED) is 0.662. The lowest BCUT2D eigenvalue weighted by Gasteiger charge is -2.17. The first-order valence-corrected chi connectivity index (χ1v) is 9.00. The summed E-state index contributed by atoms with van der Waals surface area (Å²) in [6, 6.07) is 10.1. The first kappa shape index (κ1) is 17.4. The van der Waals surface area contributed by atoms with Crippen LogP contribution in [-0.4, -0.2) is 17.1 Å². The van der Waals surface area contributed by atoms with Gasteiger partial charge in [0.2, 0.25) is 0 Å². The monoisotopic (exact) mass is 355 g/mol. The van der Waals surface area contributed by atoms with Crippen molar-refractivity contribution in [2.75, 3.05) is 7.11 Å². The molecule has 1 unspecified atom stereocenters. The molecule has 0 saturated heterocycles. The van der Waals surface area contributed by atoms with Crippen molar-refractivity contribution in [2.24, 2.45) is 0 Å². The number of rotatable bonds is 8. The number of thiazole rings is 1. The molecule has 2 aromatic heterocycles. The maximum absolute atomic E-state index is 5.89. The van der Waals surface area contributed by atoms with Crippen molar-refractivity contribution in [3.63, 3.8) is 0 Å². The highest BCUT2D eigenvalue weighted by atomic mass is 32.1. The summed E-state index contributed by atoms with van der Waals surface area (Å²) in [5.74, 6) is 1.46. The molecule has 0 aliphatic carbocycles. The van der Waals surface area contributed by atoms with Gasteiger partial charge in [-0.2, -0.15) is 0 Å². The van der Waals surface area contributed by atoms with E-state index < -0.39 is 0 Å². The number of ether oxygens (including phenoxy) is 2. The number of methoxy groups -OCH3 is 1. The number of nitrogens with one attached hydrogen (secondary N) is 1. The van der Waals surface area contributed by atoms with E-state index in [1.807, 2.05) is 29.8 Å². The maximum atomic E-state index is 5.89. The summed E-state index contributed by atoms with van der Waals surface area (Å²) in [6.07, 6.45) is 3.52. The Morgan fingerprint density at radius 2 is 2.00 bits per heavy atom. The van der Waals surface area contributed by atoms with Crippen molar-refractivity contribution >= 4 is 11.3 Å². The zero-order valence-corrected chi connectivity index (χ0v) is 15.1. The maximum Gasteiger partial charge on any atom is 0.161 e. The normalized spacial score (nSPS) is 11.9. The topological polar surface area (TPSA) is 56.3 Å². The highest BCUT2D eigenvalue weighted by molar-refractivity contribution is 7.07. The number of aromatic nitrogens is 2. The fraction of sp³-hybridized carbons (Fsp3) is 0.263. The minimum Gasteiger partial charge on any atom is -0.493 e. The van der Waals surface area contributed by atoms with Crippen LogP contribution in [0.15, 0.2) is 53.6 Å². The molecule has 6 heteroatoms. The van der Waals surface area contributed by atoms with Crippen molar-refractivity contribution in [1.29, 1.82) is 0 Å². The molecule has 1 aromatic carbocycles. The standard InChI is InChI=1S/C19H21N3O2S/c1-14(21-10-17-12-25-13-22-17)16-3-4-18(19(9-16)23-2)24-11-15-5-7-20-8-6-15/h3-9,12-14,21H,10-11H2,1-2H3. The van der Waals surface area contributed by atoms with Gasteiger partial charge in [-0.1, -0.05) is 6.07 Å². The molecule has 130 valence electrons. The van der Waals surface area contributed by atoms with E-state index >= 15 is 0 Å². The second-order valence-electron chi connectivity index (χ2n) is 5.64. The summed E-state index contributed by atoms with van der Waals surface area (Å²) in [5, 5.41) is 5.52. The second kappa shape index (κ2) is 8.60. The average molecular weight is 355 g/mol. The number of pyridine rings is 1. The van der Waals surface area contributed by atoms with Crippen molar-refractivity contribution in [3.8, 4) is 11.5 Å². The van der Waals surface area contributed by atoms with Crippen LogP contribution in [0.5, 0.6) is 11.5 Å². The Labute approximate surface area is 151 Å². The first-order chi connectivity index (χ1) is 12.3. The van der Waals surface area contributed by atoms with Gasteiger partial charge in [0, 0.05) is 30.4 Å². The van der Waals surface area contributed by atoms with E-state index in [1.54, 1.807) is 30.8 Å². The zero-order chi connectivity index (χ0) is 17.5. The van der Waals surface area contributed by atoms with Crippen LogP contribution in [0.4, 0.5) is 0 Å². The van der Waals surface area contributed by atoms with Gasteiger partial charge < -0.3 is 14.8 Å². The molecule has 1 atom stereocenters. The first-order valence-electron chi connectivity index (χ1n) is 8.06. The number of hydrogen-bond donors (Lipinski definition) is 1. The van der Waals surface area contributed by atoms with Gasteiger partial charge in [-0.25, -0.2) is 4.98 Å². The third-order valence-electron chi connectivity index (χ3n) is 3.90.